The lowest BCUT2D eigenvalue weighted by Crippen LogP contribution is -2.50. The summed E-state index contributed by atoms with van der Waals surface area (Å²) in [7, 11) is 0. The zero-order chi connectivity index (χ0) is 18.8. The first kappa shape index (κ1) is 16.7. The summed E-state index contributed by atoms with van der Waals surface area (Å²) in [5.74, 6) is -0.679. The van der Waals surface area contributed by atoms with Gasteiger partial charge in [-0.05, 0) is 36.4 Å². The maximum Gasteiger partial charge on any atom is 0.255 e. The highest BCUT2D eigenvalue weighted by Crippen LogP contribution is 2.22. The van der Waals surface area contributed by atoms with Crippen LogP contribution in [0.15, 0.2) is 60.8 Å². The highest BCUT2D eigenvalue weighted by Gasteiger charge is 2.24. The van der Waals surface area contributed by atoms with Gasteiger partial charge in [-0.15, -0.1) is 0 Å². The summed E-state index contributed by atoms with van der Waals surface area (Å²) in [5.41, 5.74) is 4.81. The Hall–Kier alpha value is -3.74. The second-order valence-electron chi connectivity index (χ2n) is 6.15. The Morgan fingerprint density at radius 1 is 1.00 bits per heavy atom. The Balaban J connectivity index is 1.54. The number of hydrogen-bond acceptors (Lipinski definition) is 4. The highest BCUT2D eigenvalue weighted by molar-refractivity contribution is 6.08. The van der Waals surface area contributed by atoms with Crippen LogP contribution in [-0.2, 0) is 9.59 Å². The molecule has 0 aliphatic carbocycles. The van der Waals surface area contributed by atoms with Crippen molar-refractivity contribution in [2.75, 3.05) is 10.3 Å². The number of fused-ring (bicyclic) bond motifs is 1. The summed E-state index contributed by atoms with van der Waals surface area (Å²) in [6, 6.07) is 15.8. The van der Waals surface area contributed by atoms with E-state index in [0.717, 1.165) is 5.39 Å². The molecule has 7 nitrogen and oxygen atoms in total. The van der Waals surface area contributed by atoms with E-state index in [1.54, 1.807) is 36.5 Å². The van der Waals surface area contributed by atoms with Crippen molar-refractivity contribution in [1.82, 2.24) is 10.4 Å². The van der Waals surface area contributed by atoms with Crippen molar-refractivity contribution in [3.05, 3.63) is 66.4 Å². The molecule has 3 amide bonds. The lowest BCUT2D eigenvalue weighted by atomic mass is 10.1. The van der Waals surface area contributed by atoms with Gasteiger partial charge in [0.2, 0.25) is 11.8 Å². The number of pyridine rings is 1. The van der Waals surface area contributed by atoms with Gasteiger partial charge in [0, 0.05) is 30.0 Å². The van der Waals surface area contributed by atoms with E-state index in [4.69, 9.17) is 0 Å². The molecule has 134 valence electrons. The van der Waals surface area contributed by atoms with Crippen LogP contribution in [-0.4, -0.2) is 22.7 Å². The minimum Gasteiger partial charge on any atom is -0.320 e. The third-order valence-corrected chi connectivity index (χ3v) is 4.32. The predicted molar refractivity (Wildman–Crippen MR) is 101 cm³/mol. The smallest absolute Gasteiger partial charge is 0.255 e. The van der Waals surface area contributed by atoms with Gasteiger partial charge in [-0.25, -0.2) is 5.01 Å². The van der Waals surface area contributed by atoms with E-state index in [2.05, 4.69) is 15.7 Å². The molecule has 0 unspecified atom stereocenters. The number of para-hydroxylation sites is 1. The van der Waals surface area contributed by atoms with Gasteiger partial charge < -0.3 is 5.32 Å². The monoisotopic (exact) mass is 360 g/mol. The molecule has 27 heavy (non-hydrogen) atoms. The molecule has 0 saturated carbocycles. The number of benzene rings is 2. The Morgan fingerprint density at radius 3 is 2.59 bits per heavy atom. The second-order valence-corrected chi connectivity index (χ2v) is 6.15. The summed E-state index contributed by atoms with van der Waals surface area (Å²) in [5, 5.41) is 5.01. The van der Waals surface area contributed by atoms with Gasteiger partial charge in [0.1, 0.15) is 0 Å². The molecule has 2 aromatic carbocycles. The summed E-state index contributed by atoms with van der Waals surface area (Å²) < 4.78 is 0. The number of carbonyl (C=O) groups is 3. The third kappa shape index (κ3) is 3.35. The SMILES string of the molecule is O=C1CCC(=O)N(c2ccc(C(=O)Nc3cccc4cccnc34)cc2)N1. The molecule has 4 rings (SSSR count). The van der Waals surface area contributed by atoms with E-state index in [-0.39, 0.29) is 30.6 Å². The Morgan fingerprint density at radius 2 is 1.78 bits per heavy atom. The number of hydrazine groups is 1. The third-order valence-electron chi connectivity index (χ3n) is 4.32. The fourth-order valence-electron chi connectivity index (χ4n) is 2.95. The number of rotatable bonds is 3. The van der Waals surface area contributed by atoms with Crippen LogP contribution in [0.1, 0.15) is 23.2 Å². The maximum absolute atomic E-state index is 12.6. The normalized spacial score (nSPS) is 14.1. The number of aromatic nitrogens is 1. The molecule has 0 spiro atoms. The molecule has 1 aliphatic rings. The molecule has 3 aromatic rings. The van der Waals surface area contributed by atoms with Gasteiger partial charge in [-0.3, -0.25) is 24.8 Å². The van der Waals surface area contributed by atoms with Gasteiger partial charge in [0.25, 0.3) is 5.91 Å². The Bertz CT molecular complexity index is 1040. The first-order valence-electron chi connectivity index (χ1n) is 8.49. The average Bonchev–Trinajstić information content (AvgIpc) is 2.70. The topological polar surface area (TPSA) is 91.4 Å². The minimum atomic E-state index is -0.284. The van der Waals surface area contributed by atoms with E-state index >= 15 is 0 Å². The summed E-state index contributed by atoms with van der Waals surface area (Å²) in [4.78, 5) is 40.3. The number of amides is 3. The number of anilines is 2. The number of hydrogen-bond donors (Lipinski definition) is 2. The minimum absolute atomic E-state index is 0.169. The van der Waals surface area contributed by atoms with Gasteiger partial charge in [0.15, 0.2) is 0 Å². The lowest BCUT2D eigenvalue weighted by Gasteiger charge is -2.27. The number of nitrogens with zero attached hydrogens (tertiary/aromatic N) is 2. The predicted octanol–water partition coefficient (Wildman–Crippen LogP) is 2.65. The summed E-state index contributed by atoms with van der Waals surface area (Å²) in [6.45, 7) is 0. The fourth-order valence-corrected chi connectivity index (χ4v) is 2.95. The van der Waals surface area contributed by atoms with Gasteiger partial charge >= 0.3 is 0 Å². The molecule has 7 heteroatoms. The molecule has 1 aromatic heterocycles. The molecule has 0 bridgehead atoms. The second kappa shape index (κ2) is 6.87. The molecule has 0 atom stereocenters. The van der Waals surface area contributed by atoms with Crippen LogP contribution in [0.5, 0.6) is 0 Å². The Kier molecular flexibility index (Phi) is 4.25. The quantitative estimate of drug-likeness (QED) is 0.751. The first-order chi connectivity index (χ1) is 13.1. The van der Waals surface area contributed by atoms with Crippen molar-refractivity contribution < 1.29 is 14.4 Å². The van der Waals surface area contributed by atoms with E-state index in [0.29, 0.717) is 22.5 Å². The van der Waals surface area contributed by atoms with E-state index in [9.17, 15) is 14.4 Å². The largest absolute Gasteiger partial charge is 0.320 e. The highest BCUT2D eigenvalue weighted by atomic mass is 16.2. The van der Waals surface area contributed by atoms with E-state index in [1.165, 1.54) is 5.01 Å². The van der Waals surface area contributed by atoms with Crippen molar-refractivity contribution in [3.8, 4) is 0 Å². The van der Waals surface area contributed by atoms with Crippen molar-refractivity contribution in [3.63, 3.8) is 0 Å². The number of carbonyl (C=O) groups excluding carboxylic acids is 3. The fraction of sp³-hybridized carbons (Fsp3) is 0.100. The van der Waals surface area contributed by atoms with Gasteiger partial charge in [-0.2, -0.15) is 0 Å². The molecule has 1 fully saturated rings. The molecular formula is C20H16N4O3. The lowest BCUT2D eigenvalue weighted by molar-refractivity contribution is -0.130. The van der Waals surface area contributed by atoms with Crippen molar-refractivity contribution >= 4 is 40.0 Å². The summed E-state index contributed by atoms with van der Waals surface area (Å²) >= 11 is 0. The van der Waals surface area contributed by atoms with Crippen molar-refractivity contribution in [2.45, 2.75) is 12.8 Å². The van der Waals surface area contributed by atoms with Crippen LogP contribution in [0.4, 0.5) is 11.4 Å². The van der Waals surface area contributed by atoms with E-state index < -0.39 is 0 Å². The molecule has 2 heterocycles. The first-order valence-corrected chi connectivity index (χ1v) is 8.49. The maximum atomic E-state index is 12.6. The number of nitrogens with one attached hydrogen (secondary N) is 2. The van der Waals surface area contributed by atoms with Crippen molar-refractivity contribution in [2.24, 2.45) is 0 Å². The summed E-state index contributed by atoms with van der Waals surface area (Å²) in [6.07, 6.45) is 2.04. The van der Waals surface area contributed by atoms with Crippen LogP contribution < -0.4 is 15.8 Å². The van der Waals surface area contributed by atoms with E-state index in [1.807, 2.05) is 24.3 Å². The molecular weight excluding hydrogens is 344 g/mol. The van der Waals surface area contributed by atoms with Crippen LogP contribution in [0.2, 0.25) is 0 Å². The molecule has 0 radical (unpaired) electrons. The van der Waals surface area contributed by atoms with Crippen LogP contribution >= 0.6 is 0 Å². The standard InChI is InChI=1S/C20H16N4O3/c25-17-10-11-18(26)24(23-17)15-8-6-14(7-9-15)20(27)22-16-5-1-3-13-4-2-12-21-19(13)16/h1-9,12H,10-11H2,(H,22,27)(H,23,25). The average molecular weight is 360 g/mol. The zero-order valence-electron chi connectivity index (χ0n) is 14.3. The van der Waals surface area contributed by atoms with Gasteiger partial charge in [-0.1, -0.05) is 18.2 Å². The Labute approximate surface area is 155 Å². The molecule has 1 saturated heterocycles. The van der Waals surface area contributed by atoms with Crippen LogP contribution in [0, 0.1) is 0 Å². The van der Waals surface area contributed by atoms with Gasteiger partial charge in [0.05, 0.1) is 16.9 Å². The molecule has 2 N–H and O–H groups in total. The van der Waals surface area contributed by atoms with Crippen molar-refractivity contribution in [1.29, 1.82) is 0 Å². The van der Waals surface area contributed by atoms with Crippen LogP contribution in [0.25, 0.3) is 10.9 Å². The zero-order valence-corrected chi connectivity index (χ0v) is 14.3. The van der Waals surface area contributed by atoms with Crippen LogP contribution in [0.3, 0.4) is 0 Å². The molecule has 1 aliphatic heterocycles.